The van der Waals surface area contributed by atoms with Gasteiger partial charge >= 0.3 is 0 Å². The van der Waals surface area contributed by atoms with E-state index in [1.165, 1.54) is 0 Å². The lowest BCUT2D eigenvalue weighted by Crippen LogP contribution is -2.07. The second-order valence-corrected chi connectivity index (χ2v) is 4.35. The molecule has 2 aromatic heterocycles. The van der Waals surface area contributed by atoms with E-state index in [4.69, 9.17) is 5.73 Å². The van der Waals surface area contributed by atoms with Crippen molar-refractivity contribution in [3.8, 4) is 0 Å². The topological polar surface area (TPSA) is 76.7 Å². The van der Waals surface area contributed by atoms with Crippen LogP contribution in [0, 0.1) is 6.92 Å². The van der Waals surface area contributed by atoms with Crippen LogP contribution in [0.1, 0.15) is 10.7 Å². The van der Waals surface area contributed by atoms with Gasteiger partial charge in [-0.2, -0.15) is 0 Å². The number of anilines is 2. The lowest BCUT2D eigenvalue weighted by atomic mass is 10.4. The van der Waals surface area contributed by atoms with Crippen molar-refractivity contribution in [1.82, 2.24) is 15.2 Å². The fraction of sp³-hybridized carbons (Fsp3) is 0.300. The van der Waals surface area contributed by atoms with Crippen LogP contribution in [0.5, 0.6) is 0 Å². The molecule has 0 unspecified atom stereocenters. The summed E-state index contributed by atoms with van der Waals surface area (Å²) in [6.07, 6.45) is 0.893. The first-order chi connectivity index (χ1) is 7.74. The molecule has 0 saturated heterocycles. The molecular formula is C10H13N5S. The monoisotopic (exact) mass is 235 g/mol. The fourth-order valence-corrected chi connectivity index (χ4v) is 2.03. The van der Waals surface area contributed by atoms with E-state index in [-0.39, 0.29) is 0 Å². The summed E-state index contributed by atoms with van der Waals surface area (Å²) in [7, 11) is 0. The molecule has 0 amide bonds. The van der Waals surface area contributed by atoms with Crippen molar-refractivity contribution >= 4 is 23.0 Å². The minimum absolute atomic E-state index is 0.432. The molecule has 2 heterocycles. The highest BCUT2D eigenvalue weighted by Gasteiger charge is 1.99. The Hall–Kier alpha value is -1.69. The van der Waals surface area contributed by atoms with E-state index in [2.05, 4.69) is 25.9 Å². The molecule has 0 saturated carbocycles. The van der Waals surface area contributed by atoms with Gasteiger partial charge in [0.25, 0.3) is 0 Å². The predicted molar refractivity (Wildman–Crippen MR) is 65.5 cm³/mol. The van der Waals surface area contributed by atoms with Crippen LogP contribution < -0.4 is 11.1 Å². The first-order valence-electron chi connectivity index (χ1n) is 4.98. The molecule has 0 aromatic carbocycles. The molecule has 0 fully saturated rings. The Morgan fingerprint density at radius 2 is 2.25 bits per heavy atom. The first kappa shape index (κ1) is 10.8. The summed E-state index contributed by atoms with van der Waals surface area (Å²) in [4.78, 5) is 4.38. The van der Waals surface area contributed by atoms with E-state index >= 15 is 0 Å². The van der Waals surface area contributed by atoms with E-state index < -0.39 is 0 Å². The zero-order chi connectivity index (χ0) is 11.4. The van der Waals surface area contributed by atoms with Crippen molar-refractivity contribution in [3.05, 3.63) is 28.2 Å². The van der Waals surface area contributed by atoms with Gasteiger partial charge in [0, 0.05) is 24.0 Å². The van der Waals surface area contributed by atoms with E-state index in [0.29, 0.717) is 5.82 Å². The number of thiazole rings is 1. The van der Waals surface area contributed by atoms with Crippen LogP contribution in [-0.4, -0.2) is 21.7 Å². The third-order valence-electron chi connectivity index (χ3n) is 2.00. The van der Waals surface area contributed by atoms with Crippen LogP contribution in [-0.2, 0) is 6.42 Å². The van der Waals surface area contributed by atoms with Gasteiger partial charge in [-0.25, -0.2) is 4.98 Å². The number of nitrogens with two attached hydrogens (primary N) is 1. The van der Waals surface area contributed by atoms with Crippen molar-refractivity contribution in [1.29, 1.82) is 0 Å². The van der Waals surface area contributed by atoms with Crippen molar-refractivity contribution in [2.45, 2.75) is 13.3 Å². The largest absolute Gasteiger partial charge is 0.382 e. The third kappa shape index (κ3) is 2.90. The van der Waals surface area contributed by atoms with E-state index in [9.17, 15) is 0 Å². The van der Waals surface area contributed by atoms with Gasteiger partial charge in [0.1, 0.15) is 11.6 Å². The van der Waals surface area contributed by atoms with E-state index in [0.717, 1.165) is 29.5 Å². The molecule has 16 heavy (non-hydrogen) atoms. The molecule has 0 aliphatic rings. The number of nitrogen functional groups attached to an aromatic ring is 1. The maximum Gasteiger partial charge on any atom is 0.148 e. The van der Waals surface area contributed by atoms with Gasteiger partial charge in [-0.05, 0) is 19.1 Å². The molecule has 6 heteroatoms. The Morgan fingerprint density at radius 3 is 2.88 bits per heavy atom. The SMILES string of the molecule is Cc1csc(CCNc2ccc(N)nn2)n1. The maximum absolute atomic E-state index is 5.44. The summed E-state index contributed by atoms with van der Waals surface area (Å²) in [5.74, 6) is 1.17. The maximum atomic E-state index is 5.44. The minimum atomic E-state index is 0.432. The van der Waals surface area contributed by atoms with Crippen LogP contribution in [0.15, 0.2) is 17.5 Å². The molecule has 0 bridgehead atoms. The Kier molecular flexibility index (Phi) is 3.31. The van der Waals surface area contributed by atoms with Crippen LogP contribution in [0.4, 0.5) is 11.6 Å². The van der Waals surface area contributed by atoms with Crippen molar-refractivity contribution in [2.24, 2.45) is 0 Å². The summed E-state index contributed by atoms with van der Waals surface area (Å²) >= 11 is 1.68. The molecule has 3 N–H and O–H groups in total. The first-order valence-corrected chi connectivity index (χ1v) is 5.86. The third-order valence-corrected chi connectivity index (χ3v) is 3.02. The standard InChI is InChI=1S/C10H13N5S/c1-7-6-16-10(13-7)4-5-12-9-3-2-8(11)14-15-9/h2-3,6H,4-5H2,1H3,(H2,11,14)(H,12,15). The summed E-state index contributed by atoms with van der Waals surface area (Å²) in [6, 6.07) is 3.54. The average Bonchev–Trinajstić information content (AvgIpc) is 2.67. The molecule has 2 aromatic rings. The second kappa shape index (κ2) is 4.89. The number of aromatic nitrogens is 3. The van der Waals surface area contributed by atoms with Gasteiger partial charge in [-0.1, -0.05) is 0 Å². The minimum Gasteiger partial charge on any atom is -0.382 e. The number of hydrogen-bond acceptors (Lipinski definition) is 6. The Labute approximate surface area is 97.7 Å². The van der Waals surface area contributed by atoms with Gasteiger partial charge in [-0.15, -0.1) is 21.5 Å². The Balaban J connectivity index is 1.82. The van der Waals surface area contributed by atoms with Crippen LogP contribution in [0.3, 0.4) is 0 Å². The molecule has 0 aliphatic carbocycles. The van der Waals surface area contributed by atoms with Crippen LogP contribution in [0.25, 0.3) is 0 Å². The molecular weight excluding hydrogens is 222 g/mol. The number of nitrogens with zero attached hydrogens (tertiary/aromatic N) is 3. The van der Waals surface area contributed by atoms with Gasteiger partial charge < -0.3 is 11.1 Å². The van der Waals surface area contributed by atoms with E-state index in [1.54, 1.807) is 17.4 Å². The molecule has 2 rings (SSSR count). The zero-order valence-corrected chi connectivity index (χ0v) is 9.79. The highest BCUT2D eigenvalue weighted by atomic mass is 32.1. The number of aryl methyl sites for hydroxylation is 1. The summed E-state index contributed by atoms with van der Waals surface area (Å²) in [5, 5.41) is 14.0. The zero-order valence-electron chi connectivity index (χ0n) is 8.97. The van der Waals surface area contributed by atoms with Crippen LogP contribution in [0.2, 0.25) is 0 Å². The molecule has 5 nitrogen and oxygen atoms in total. The quantitative estimate of drug-likeness (QED) is 0.839. The summed E-state index contributed by atoms with van der Waals surface area (Å²) in [6.45, 7) is 2.80. The lowest BCUT2D eigenvalue weighted by molar-refractivity contribution is 0.955. The van der Waals surface area contributed by atoms with Crippen molar-refractivity contribution in [3.63, 3.8) is 0 Å². The molecule has 0 aliphatic heterocycles. The predicted octanol–water partition coefficient (Wildman–Crippen LogP) is 1.48. The smallest absolute Gasteiger partial charge is 0.148 e. The van der Waals surface area contributed by atoms with Gasteiger partial charge in [0.15, 0.2) is 0 Å². The van der Waals surface area contributed by atoms with Gasteiger partial charge in [0.05, 0.1) is 5.01 Å². The highest BCUT2D eigenvalue weighted by molar-refractivity contribution is 7.09. The van der Waals surface area contributed by atoms with Crippen molar-refractivity contribution in [2.75, 3.05) is 17.6 Å². The number of rotatable bonds is 4. The highest BCUT2D eigenvalue weighted by Crippen LogP contribution is 2.09. The molecule has 0 radical (unpaired) electrons. The Morgan fingerprint density at radius 1 is 1.38 bits per heavy atom. The molecule has 0 spiro atoms. The average molecular weight is 235 g/mol. The van der Waals surface area contributed by atoms with Crippen LogP contribution >= 0.6 is 11.3 Å². The van der Waals surface area contributed by atoms with Gasteiger partial charge in [-0.3, -0.25) is 0 Å². The summed E-state index contributed by atoms with van der Waals surface area (Å²) in [5.41, 5.74) is 6.52. The molecule has 84 valence electrons. The number of hydrogen-bond donors (Lipinski definition) is 2. The lowest BCUT2D eigenvalue weighted by Gasteiger charge is -2.02. The molecule has 0 atom stereocenters. The van der Waals surface area contributed by atoms with Gasteiger partial charge in [0.2, 0.25) is 0 Å². The van der Waals surface area contributed by atoms with E-state index in [1.807, 2.05) is 13.0 Å². The fourth-order valence-electron chi connectivity index (χ4n) is 1.25. The Bertz CT molecular complexity index is 450. The summed E-state index contributed by atoms with van der Waals surface area (Å²) < 4.78 is 0. The normalized spacial score (nSPS) is 10.3. The second-order valence-electron chi connectivity index (χ2n) is 3.40. The van der Waals surface area contributed by atoms with Crippen molar-refractivity contribution < 1.29 is 0 Å². The number of nitrogens with one attached hydrogen (secondary N) is 1.